The second-order valence-electron chi connectivity index (χ2n) is 3.13. The van der Waals surface area contributed by atoms with Gasteiger partial charge >= 0.3 is 0 Å². The summed E-state index contributed by atoms with van der Waals surface area (Å²) in [5.74, 6) is 0. The summed E-state index contributed by atoms with van der Waals surface area (Å²) in [5.41, 5.74) is 0.934. The lowest BCUT2D eigenvalue weighted by Crippen LogP contribution is -2.30. The van der Waals surface area contributed by atoms with E-state index in [1.54, 1.807) is 26.2 Å². The fraction of sp³-hybridized carbons (Fsp3) is 0.500. The molecule has 0 aliphatic carbocycles. The first kappa shape index (κ1) is 10.3. The Bertz CT molecular complexity index is 340. The Kier molecular flexibility index (Phi) is 3.11. The zero-order chi connectivity index (χ0) is 9.90. The third-order valence-corrected chi connectivity index (χ3v) is 3.55. The molecule has 4 nitrogen and oxygen atoms in total. The van der Waals surface area contributed by atoms with Crippen LogP contribution in [0.4, 0.5) is 0 Å². The van der Waals surface area contributed by atoms with Crippen LogP contribution < -0.4 is 4.72 Å². The molecule has 0 unspecified atom stereocenters. The number of hydrogen-bond donors (Lipinski definition) is 2. The number of aromatic nitrogens is 1. The molecular weight excluding hydrogens is 188 g/mol. The molecule has 0 amide bonds. The molecule has 13 heavy (non-hydrogen) atoms. The number of H-pyrrole nitrogens is 1. The van der Waals surface area contributed by atoms with Gasteiger partial charge in [0.2, 0.25) is 10.0 Å². The lowest BCUT2D eigenvalue weighted by Gasteiger charge is -2.07. The first-order valence-corrected chi connectivity index (χ1v) is 5.67. The Balaban J connectivity index is 2.53. The maximum atomic E-state index is 11.3. The van der Waals surface area contributed by atoms with E-state index in [4.69, 9.17) is 0 Å². The average Bonchev–Trinajstić information content (AvgIpc) is 2.52. The van der Waals surface area contributed by atoms with Crippen molar-refractivity contribution in [2.45, 2.75) is 25.6 Å². The van der Waals surface area contributed by atoms with Crippen LogP contribution in [0, 0.1) is 0 Å². The highest BCUT2D eigenvalue weighted by atomic mass is 32.2. The van der Waals surface area contributed by atoms with Crippen LogP contribution in [0.3, 0.4) is 0 Å². The van der Waals surface area contributed by atoms with Crippen molar-refractivity contribution in [3.63, 3.8) is 0 Å². The molecule has 5 heteroatoms. The summed E-state index contributed by atoms with van der Waals surface area (Å²) in [6.07, 6.45) is 3.53. The molecule has 0 atom stereocenters. The molecular formula is C8H14N2O2S. The van der Waals surface area contributed by atoms with Gasteiger partial charge in [0.1, 0.15) is 0 Å². The van der Waals surface area contributed by atoms with E-state index in [1.165, 1.54) is 0 Å². The third-order valence-electron chi connectivity index (χ3n) is 1.76. The van der Waals surface area contributed by atoms with Crippen LogP contribution in [0.1, 0.15) is 19.4 Å². The van der Waals surface area contributed by atoms with Crippen molar-refractivity contribution in [1.82, 2.24) is 9.71 Å². The fourth-order valence-corrected chi connectivity index (χ4v) is 1.52. The molecule has 0 fully saturated rings. The van der Waals surface area contributed by atoms with Crippen LogP contribution in [-0.4, -0.2) is 18.7 Å². The van der Waals surface area contributed by atoms with Gasteiger partial charge in [0.15, 0.2) is 0 Å². The molecule has 0 aromatic carbocycles. The zero-order valence-corrected chi connectivity index (χ0v) is 8.56. The summed E-state index contributed by atoms with van der Waals surface area (Å²) in [5, 5.41) is -0.383. The molecule has 1 aromatic heterocycles. The summed E-state index contributed by atoms with van der Waals surface area (Å²) in [6, 6.07) is 1.84. The van der Waals surface area contributed by atoms with Gasteiger partial charge in [-0.15, -0.1) is 0 Å². The highest BCUT2D eigenvalue weighted by Gasteiger charge is 2.14. The summed E-state index contributed by atoms with van der Waals surface area (Å²) >= 11 is 0. The smallest absolute Gasteiger partial charge is 0.214 e. The molecule has 0 aliphatic heterocycles. The van der Waals surface area contributed by atoms with E-state index in [0.717, 1.165) is 5.56 Å². The second-order valence-corrected chi connectivity index (χ2v) is 5.46. The molecule has 0 aliphatic rings. The average molecular weight is 202 g/mol. The van der Waals surface area contributed by atoms with Crippen molar-refractivity contribution < 1.29 is 8.42 Å². The van der Waals surface area contributed by atoms with Crippen LogP contribution in [0.25, 0.3) is 0 Å². The molecule has 0 spiro atoms. The van der Waals surface area contributed by atoms with Crippen LogP contribution in [0.2, 0.25) is 0 Å². The minimum Gasteiger partial charge on any atom is -0.367 e. The van der Waals surface area contributed by atoms with E-state index < -0.39 is 10.0 Å². The predicted octanol–water partition coefficient (Wildman–Crippen LogP) is 0.842. The standard InChI is InChI=1S/C8H14N2O2S/c1-7(2)13(11,12)10-6-8-3-4-9-5-8/h3-5,7,9-10H,6H2,1-2H3. The van der Waals surface area contributed by atoms with E-state index in [-0.39, 0.29) is 5.25 Å². The van der Waals surface area contributed by atoms with Crippen LogP contribution in [0.5, 0.6) is 0 Å². The Morgan fingerprint density at radius 3 is 2.69 bits per heavy atom. The van der Waals surface area contributed by atoms with Crippen molar-refractivity contribution in [3.8, 4) is 0 Å². The van der Waals surface area contributed by atoms with Crippen molar-refractivity contribution in [1.29, 1.82) is 0 Å². The Morgan fingerprint density at radius 2 is 2.23 bits per heavy atom. The normalized spacial score (nSPS) is 12.2. The van der Waals surface area contributed by atoms with Gasteiger partial charge < -0.3 is 4.98 Å². The van der Waals surface area contributed by atoms with Crippen LogP contribution in [-0.2, 0) is 16.6 Å². The molecule has 0 saturated carbocycles. The second kappa shape index (κ2) is 3.93. The van der Waals surface area contributed by atoms with Gasteiger partial charge in [-0.05, 0) is 25.5 Å². The van der Waals surface area contributed by atoms with Crippen molar-refractivity contribution >= 4 is 10.0 Å². The minimum absolute atomic E-state index is 0.351. The monoisotopic (exact) mass is 202 g/mol. The maximum Gasteiger partial charge on any atom is 0.214 e. The predicted molar refractivity (Wildman–Crippen MR) is 51.7 cm³/mol. The first-order valence-electron chi connectivity index (χ1n) is 4.12. The fourth-order valence-electron chi connectivity index (χ4n) is 0.819. The van der Waals surface area contributed by atoms with E-state index in [0.29, 0.717) is 6.54 Å². The molecule has 74 valence electrons. The van der Waals surface area contributed by atoms with Gasteiger partial charge in [0, 0.05) is 18.9 Å². The number of sulfonamides is 1. The highest BCUT2D eigenvalue weighted by Crippen LogP contribution is 2.00. The Morgan fingerprint density at radius 1 is 1.54 bits per heavy atom. The van der Waals surface area contributed by atoms with E-state index in [1.807, 2.05) is 6.07 Å². The number of hydrogen-bond acceptors (Lipinski definition) is 2. The summed E-state index contributed by atoms with van der Waals surface area (Å²) in [4.78, 5) is 2.86. The highest BCUT2D eigenvalue weighted by molar-refractivity contribution is 7.90. The molecule has 0 radical (unpaired) electrons. The largest absolute Gasteiger partial charge is 0.367 e. The summed E-state index contributed by atoms with van der Waals surface area (Å²) in [7, 11) is -3.14. The third kappa shape index (κ3) is 2.86. The van der Waals surface area contributed by atoms with E-state index in [2.05, 4.69) is 9.71 Å². The Hall–Kier alpha value is -0.810. The van der Waals surface area contributed by atoms with Crippen LogP contribution in [0.15, 0.2) is 18.5 Å². The lowest BCUT2D eigenvalue weighted by molar-refractivity contribution is 0.572. The maximum absolute atomic E-state index is 11.3. The molecule has 0 saturated heterocycles. The minimum atomic E-state index is -3.14. The molecule has 1 aromatic rings. The summed E-state index contributed by atoms with van der Waals surface area (Å²) < 4.78 is 25.1. The lowest BCUT2D eigenvalue weighted by atomic mass is 10.4. The number of nitrogens with one attached hydrogen (secondary N) is 2. The summed E-state index contributed by atoms with van der Waals surface area (Å²) in [6.45, 7) is 3.66. The van der Waals surface area contributed by atoms with Crippen molar-refractivity contribution in [2.75, 3.05) is 0 Å². The molecule has 1 rings (SSSR count). The van der Waals surface area contributed by atoms with Crippen molar-refractivity contribution in [3.05, 3.63) is 24.0 Å². The molecule has 0 bridgehead atoms. The topological polar surface area (TPSA) is 62.0 Å². The van der Waals surface area contributed by atoms with E-state index in [9.17, 15) is 8.42 Å². The SMILES string of the molecule is CC(C)S(=O)(=O)NCc1cc[nH]c1. The number of rotatable bonds is 4. The molecule has 2 N–H and O–H groups in total. The first-order chi connectivity index (χ1) is 6.02. The van der Waals surface area contributed by atoms with Gasteiger partial charge in [0.25, 0.3) is 0 Å². The molecule has 1 heterocycles. The Labute approximate surface area is 78.4 Å². The van der Waals surface area contributed by atoms with E-state index >= 15 is 0 Å². The van der Waals surface area contributed by atoms with Crippen LogP contribution >= 0.6 is 0 Å². The van der Waals surface area contributed by atoms with Crippen molar-refractivity contribution in [2.24, 2.45) is 0 Å². The van der Waals surface area contributed by atoms with Gasteiger partial charge in [-0.1, -0.05) is 0 Å². The van der Waals surface area contributed by atoms with Gasteiger partial charge in [-0.25, -0.2) is 13.1 Å². The number of aromatic amines is 1. The van der Waals surface area contributed by atoms with Gasteiger partial charge in [-0.3, -0.25) is 0 Å². The van der Waals surface area contributed by atoms with Gasteiger partial charge in [0.05, 0.1) is 5.25 Å². The quantitative estimate of drug-likeness (QED) is 0.760. The zero-order valence-electron chi connectivity index (χ0n) is 7.74. The van der Waals surface area contributed by atoms with Gasteiger partial charge in [-0.2, -0.15) is 0 Å².